The molecule has 2 nitrogen and oxygen atoms in total. The smallest absolute Gasteiger partial charge is 0.123 e. The van der Waals surface area contributed by atoms with Crippen LogP contribution in [0.5, 0.6) is 0 Å². The highest BCUT2D eigenvalue weighted by atomic mass is 19.1. The summed E-state index contributed by atoms with van der Waals surface area (Å²) in [5.74, 6) is 0.0439. The van der Waals surface area contributed by atoms with Crippen LogP contribution in [0.4, 0.5) is 4.39 Å². The second kappa shape index (κ2) is 3.91. The van der Waals surface area contributed by atoms with Crippen LogP contribution in [0.1, 0.15) is 18.9 Å². The molecule has 2 N–H and O–H groups in total. The molecule has 1 fully saturated rings. The zero-order valence-electron chi connectivity index (χ0n) is 8.87. The fraction of sp³-hybridized carbons (Fsp3) is 0.500. The molecule has 0 spiro atoms. The Balaban J connectivity index is 2.27. The van der Waals surface area contributed by atoms with Gasteiger partial charge in [0.05, 0.1) is 6.61 Å². The van der Waals surface area contributed by atoms with Crippen LogP contribution in [-0.4, -0.2) is 13.2 Å². The third-order valence-electron chi connectivity index (χ3n) is 3.22. The van der Waals surface area contributed by atoms with Gasteiger partial charge in [-0.25, -0.2) is 4.39 Å². The predicted molar refractivity (Wildman–Crippen MR) is 56.9 cm³/mol. The van der Waals surface area contributed by atoms with Gasteiger partial charge in [-0.3, -0.25) is 0 Å². The molecule has 1 saturated heterocycles. The Morgan fingerprint density at radius 2 is 2.33 bits per heavy atom. The standard InChI is InChI=1S/C12H16FNO/c1-12(14,10-5-6-15-8-10)9-3-2-4-11(13)7-9/h2-4,7,10H,5-6,8,14H2,1H3. The second-order valence-electron chi connectivity index (χ2n) is 4.35. The maximum absolute atomic E-state index is 13.1. The lowest BCUT2D eigenvalue weighted by Gasteiger charge is -2.31. The van der Waals surface area contributed by atoms with Gasteiger partial charge in [0.2, 0.25) is 0 Å². The van der Waals surface area contributed by atoms with Crippen molar-refractivity contribution in [1.29, 1.82) is 0 Å². The summed E-state index contributed by atoms with van der Waals surface area (Å²) in [4.78, 5) is 0. The highest BCUT2D eigenvalue weighted by molar-refractivity contribution is 5.25. The maximum atomic E-state index is 13.1. The molecule has 0 aliphatic carbocycles. The molecule has 1 aliphatic heterocycles. The first-order valence-electron chi connectivity index (χ1n) is 5.23. The van der Waals surface area contributed by atoms with Crippen LogP contribution in [-0.2, 0) is 10.3 Å². The summed E-state index contributed by atoms with van der Waals surface area (Å²) in [7, 11) is 0. The van der Waals surface area contributed by atoms with E-state index in [0.717, 1.165) is 18.6 Å². The Bertz CT molecular complexity index is 345. The van der Waals surface area contributed by atoms with E-state index in [2.05, 4.69) is 0 Å². The van der Waals surface area contributed by atoms with Gasteiger partial charge in [-0.15, -0.1) is 0 Å². The normalized spacial score (nSPS) is 25.1. The number of nitrogens with two attached hydrogens (primary N) is 1. The zero-order valence-corrected chi connectivity index (χ0v) is 8.87. The van der Waals surface area contributed by atoms with Gasteiger partial charge in [0.25, 0.3) is 0 Å². The number of rotatable bonds is 2. The van der Waals surface area contributed by atoms with E-state index in [1.807, 2.05) is 13.0 Å². The Labute approximate surface area is 89.2 Å². The zero-order chi connectivity index (χ0) is 10.9. The fourth-order valence-corrected chi connectivity index (χ4v) is 2.07. The summed E-state index contributed by atoms with van der Waals surface area (Å²) in [5, 5.41) is 0. The highest BCUT2D eigenvalue weighted by Crippen LogP contribution is 2.32. The summed E-state index contributed by atoms with van der Waals surface area (Å²) in [6, 6.07) is 6.52. The molecule has 1 aliphatic rings. The minimum absolute atomic E-state index is 0.233. The summed E-state index contributed by atoms with van der Waals surface area (Å²) in [5.41, 5.74) is 6.61. The van der Waals surface area contributed by atoms with Crippen LogP contribution < -0.4 is 5.73 Å². The van der Waals surface area contributed by atoms with Crippen molar-refractivity contribution in [2.75, 3.05) is 13.2 Å². The minimum Gasteiger partial charge on any atom is -0.381 e. The average molecular weight is 209 g/mol. The van der Waals surface area contributed by atoms with Crippen molar-refractivity contribution in [2.45, 2.75) is 18.9 Å². The Morgan fingerprint density at radius 1 is 1.53 bits per heavy atom. The number of ether oxygens (including phenoxy) is 1. The molecule has 0 saturated carbocycles. The van der Waals surface area contributed by atoms with Crippen LogP contribution in [0.25, 0.3) is 0 Å². The number of halogens is 1. The van der Waals surface area contributed by atoms with E-state index in [1.54, 1.807) is 6.07 Å². The lowest BCUT2D eigenvalue weighted by atomic mass is 9.80. The molecule has 0 aromatic heterocycles. The first kappa shape index (κ1) is 10.6. The number of hydrogen-bond acceptors (Lipinski definition) is 2. The van der Waals surface area contributed by atoms with E-state index in [0.29, 0.717) is 6.61 Å². The van der Waals surface area contributed by atoms with Crippen LogP contribution in [0.15, 0.2) is 24.3 Å². The Morgan fingerprint density at radius 3 is 2.93 bits per heavy atom. The van der Waals surface area contributed by atoms with E-state index in [4.69, 9.17) is 10.5 Å². The second-order valence-corrected chi connectivity index (χ2v) is 4.35. The molecule has 2 atom stereocenters. The number of hydrogen-bond donors (Lipinski definition) is 1. The molecule has 1 aromatic carbocycles. The SMILES string of the molecule is CC(N)(c1cccc(F)c1)C1CCOC1. The van der Waals surface area contributed by atoms with Crippen molar-refractivity contribution in [3.8, 4) is 0 Å². The van der Waals surface area contributed by atoms with Crippen LogP contribution in [0.3, 0.4) is 0 Å². The largest absolute Gasteiger partial charge is 0.381 e. The van der Waals surface area contributed by atoms with E-state index in [9.17, 15) is 4.39 Å². The van der Waals surface area contributed by atoms with Crippen molar-refractivity contribution in [3.63, 3.8) is 0 Å². The third kappa shape index (κ3) is 2.03. The molecule has 0 bridgehead atoms. The molecule has 15 heavy (non-hydrogen) atoms. The average Bonchev–Trinajstić information content (AvgIpc) is 2.71. The van der Waals surface area contributed by atoms with Crippen molar-refractivity contribution in [3.05, 3.63) is 35.6 Å². The molecule has 82 valence electrons. The maximum Gasteiger partial charge on any atom is 0.123 e. The van der Waals surface area contributed by atoms with Crippen molar-refractivity contribution >= 4 is 0 Å². The monoisotopic (exact) mass is 209 g/mol. The lowest BCUT2D eigenvalue weighted by Crippen LogP contribution is -2.41. The lowest BCUT2D eigenvalue weighted by molar-refractivity contribution is 0.166. The van der Waals surface area contributed by atoms with Crippen molar-refractivity contribution in [2.24, 2.45) is 11.7 Å². The van der Waals surface area contributed by atoms with Gasteiger partial charge in [-0.1, -0.05) is 12.1 Å². The highest BCUT2D eigenvalue weighted by Gasteiger charge is 2.34. The Hall–Kier alpha value is -0.930. The summed E-state index contributed by atoms with van der Waals surface area (Å²) in [6.45, 7) is 3.37. The first-order valence-corrected chi connectivity index (χ1v) is 5.23. The summed E-state index contributed by atoms with van der Waals surface area (Å²) in [6.07, 6.45) is 0.948. The third-order valence-corrected chi connectivity index (χ3v) is 3.22. The number of benzene rings is 1. The van der Waals surface area contributed by atoms with Crippen LogP contribution in [0.2, 0.25) is 0 Å². The van der Waals surface area contributed by atoms with Crippen molar-refractivity contribution in [1.82, 2.24) is 0 Å². The minimum atomic E-state index is -0.501. The van der Waals surface area contributed by atoms with Gasteiger partial charge < -0.3 is 10.5 Å². The predicted octanol–water partition coefficient (Wildman–Crippen LogP) is 2.04. The van der Waals surface area contributed by atoms with E-state index < -0.39 is 5.54 Å². The van der Waals surface area contributed by atoms with Crippen LogP contribution >= 0.6 is 0 Å². The van der Waals surface area contributed by atoms with E-state index in [-0.39, 0.29) is 11.7 Å². The Kier molecular flexibility index (Phi) is 2.76. The molecule has 2 rings (SSSR count). The topological polar surface area (TPSA) is 35.2 Å². The molecule has 2 unspecified atom stereocenters. The van der Waals surface area contributed by atoms with Crippen LogP contribution in [0, 0.1) is 11.7 Å². The molecule has 1 heterocycles. The van der Waals surface area contributed by atoms with Gasteiger partial charge >= 0.3 is 0 Å². The van der Waals surface area contributed by atoms with Gasteiger partial charge in [-0.2, -0.15) is 0 Å². The molecule has 1 aromatic rings. The summed E-state index contributed by atoms with van der Waals surface area (Å²) >= 11 is 0. The quantitative estimate of drug-likeness (QED) is 0.809. The van der Waals surface area contributed by atoms with Gasteiger partial charge in [0.15, 0.2) is 0 Å². The molecule has 3 heteroatoms. The van der Waals surface area contributed by atoms with Gasteiger partial charge in [0.1, 0.15) is 5.82 Å². The molecule has 0 radical (unpaired) electrons. The first-order chi connectivity index (χ1) is 7.10. The summed E-state index contributed by atoms with van der Waals surface area (Å²) < 4.78 is 18.4. The molecular weight excluding hydrogens is 193 g/mol. The molecule has 0 amide bonds. The van der Waals surface area contributed by atoms with E-state index >= 15 is 0 Å². The van der Waals surface area contributed by atoms with Gasteiger partial charge in [-0.05, 0) is 31.0 Å². The van der Waals surface area contributed by atoms with E-state index in [1.165, 1.54) is 12.1 Å². The van der Waals surface area contributed by atoms with Gasteiger partial charge in [0, 0.05) is 18.1 Å². The molecular formula is C12H16FNO. The fourth-order valence-electron chi connectivity index (χ4n) is 2.07. The van der Waals surface area contributed by atoms with Crippen molar-refractivity contribution < 1.29 is 9.13 Å².